The van der Waals surface area contributed by atoms with Crippen LogP contribution in [0.3, 0.4) is 0 Å². The first-order valence-corrected chi connectivity index (χ1v) is 7.47. The Morgan fingerprint density at radius 1 is 0.944 bits per heavy atom. The van der Waals surface area contributed by atoms with E-state index in [4.69, 9.17) is 69.6 Å². The lowest BCUT2D eigenvalue weighted by atomic mass is 9.97. The molecule has 0 spiro atoms. The molecular formula is C12H12Cl6. The van der Waals surface area contributed by atoms with Gasteiger partial charge in [0.25, 0.3) is 0 Å². The number of alkyl halides is 5. The van der Waals surface area contributed by atoms with Crippen molar-refractivity contribution in [3.63, 3.8) is 0 Å². The average molecular weight is 369 g/mol. The maximum absolute atomic E-state index is 6.22. The SMILES string of the molecule is Cc1cc(Cl)cc(C)c1CC(Cl)(Cl)CC(Cl)(Cl)Cl. The Kier molecular flexibility index (Phi) is 5.82. The normalized spacial score (nSPS) is 12.9. The van der Waals surface area contributed by atoms with Crippen LogP contribution in [0.2, 0.25) is 5.02 Å². The summed E-state index contributed by atoms with van der Waals surface area (Å²) in [6.45, 7) is 3.90. The summed E-state index contributed by atoms with van der Waals surface area (Å²) in [5.74, 6) is 0. The number of halogens is 6. The Labute approximate surface area is 137 Å². The van der Waals surface area contributed by atoms with Crippen LogP contribution in [0.1, 0.15) is 23.1 Å². The number of rotatable bonds is 3. The lowest BCUT2D eigenvalue weighted by molar-refractivity contribution is 0.696. The molecule has 0 saturated heterocycles. The molecule has 1 aromatic carbocycles. The molecule has 0 atom stereocenters. The van der Waals surface area contributed by atoms with Gasteiger partial charge in [-0.2, -0.15) is 0 Å². The fourth-order valence-electron chi connectivity index (χ4n) is 1.83. The highest BCUT2D eigenvalue weighted by molar-refractivity contribution is 6.68. The van der Waals surface area contributed by atoms with Crippen molar-refractivity contribution >= 4 is 69.6 Å². The van der Waals surface area contributed by atoms with Gasteiger partial charge in [0, 0.05) is 17.9 Å². The van der Waals surface area contributed by atoms with E-state index in [2.05, 4.69) is 0 Å². The molecule has 1 aromatic rings. The van der Waals surface area contributed by atoms with Crippen molar-refractivity contribution in [3.05, 3.63) is 33.8 Å². The van der Waals surface area contributed by atoms with Crippen LogP contribution in [0.4, 0.5) is 0 Å². The molecule has 0 aromatic heterocycles. The predicted molar refractivity (Wildman–Crippen MR) is 84.0 cm³/mol. The van der Waals surface area contributed by atoms with E-state index in [0.29, 0.717) is 11.4 Å². The van der Waals surface area contributed by atoms with Crippen LogP contribution in [0.5, 0.6) is 0 Å². The average Bonchev–Trinajstić information content (AvgIpc) is 2.07. The quantitative estimate of drug-likeness (QED) is 0.539. The van der Waals surface area contributed by atoms with E-state index >= 15 is 0 Å². The standard InChI is InChI=1S/C12H12Cl6/c1-7-3-9(13)4-8(2)10(7)5-11(14,15)6-12(16,17)18/h3-4H,5-6H2,1-2H3. The van der Waals surface area contributed by atoms with Crippen molar-refractivity contribution in [2.45, 2.75) is 34.8 Å². The van der Waals surface area contributed by atoms with Gasteiger partial charge in [-0.3, -0.25) is 0 Å². The monoisotopic (exact) mass is 366 g/mol. The van der Waals surface area contributed by atoms with Gasteiger partial charge in [0.15, 0.2) is 3.79 Å². The topological polar surface area (TPSA) is 0 Å². The van der Waals surface area contributed by atoms with Gasteiger partial charge in [-0.1, -0.05) is 46.4 Å². The molecule has 0 aliphatic carbocycles. The Balaban J connectivity index is 2.97. The summed E-state index contributed by atoms with van der Waals surface area (Å²) in [5, 5.41) is 0.685. The highest BCUT2D eigenvalue weighted by atomic mass is 35.6. The van der Waals surface area contributed by atoms with E-state index in [1.165, 1.54) is 0 Å². The van der Waals surface area contributed by atoms with Gasteiger partial charge in [0.2, 0.25) is 0 Å². The number of hydrogen-bond donors (Lipinski definition) is 0. The lowest BCUT2D eigenvalue weighted by Gasteiger charge is -2.25. The highest BCUT2D eigenvalue weighted by Gasteiger charge is 2.35. The van der Waals surface area contributed by atoms with E-state index in [1.807, 2.05) is 26.0 Å². The molecule has 1 rings (SSSR count). The maximum atomic E-state index is 6.22. The first kappa shape index (κ1) is 17.0. The molecule has 0 amide bonds. The number of benzene rings is 1. The van der Waals surface area contributed by atoms with Gasteiger partial charge >= 0.3 is 0 Å². The van der Waals surface area contributed by atoms with Gasteiger partial charge in [0.05, 0.1) is 0 Å². The molecule has 0 aliphatic heterocycles. The lowest BCUT2D eigenvalue weighted by Crippen LogP contribution is -2.24. The zero-order valence-corrected chi connectivity index (χ0v) is 14.4. The van der Waals surface area contributed by atoms with Gasteiger partial charge in [-0.15, -0.1) is 23.2 Å². The summed E-state index contributed by atoms with van der Waals surface area (Å²) in [7, 11) is 0. The molecule has 6 heteroatoms. The smallest absolute Gasteiger partial charge is 0.101 e. The third-order valence-electron chi connectivity index (χ3n) is 2.56. The molecule has 0 saturated carbocycles. The maximum Gasteiger partial charge on any atom is 0.193 e. The van der Waals surface area contributed by atoms with Crippen molar-refractivity contribution in [2.75, 3.05) is 0 Å². The van der Waals surface area contributed by atoms with E-state index in [1.54, 1.807) is 0 Å². The minimum Gasteiger partial charge on any atom is -0.101 e. The molecule has 0 N–H and O–H groups in total. The summed E-state index contributed by atoms with van der Waals surface area (Å²) in [4.78, 5) is 0. The second kappa shape index (κ2) is 6.16. The summed E-state index contributed by atoms with van der Waals surface area (Å²) >= 11 is 35.6. The first-order chi connectivity index (χ1) is 8.00. The molecule has 0 unspecified atom stereocenters. The van der Waals surface area contributed by atoms with Crippen LogP contribution < -0.4 is 0 Å². The Hall–Kier alpha value is 0.960. The van der Waals surface area contributed by atoms with Gasteiger partial charge in [-0.25, -0.2) is 0 Å². The zero-order chi connectivity index (χ0) is 14.1. The second-order valence-corrected chi connectivity index (χ2v) is 8.94. The molecule has 18 heavy (non-hydrogen) atoms. The van der Waals surface area contributed by atoms with Crippen LogP contribution in [0.25, 0.3) is 0 Å². The van der Waals surface area contributed by atoms with Crippen LogP contribution in [0.15, 0.2) is 12.1 Å². The predicted octanol–water partition coefficient (Wildman–Crippen LogP) is 6.43. The highest BCUT2D eigenvalue weighted by Crippen LogP contribution is 2.43. The minimum absolute atomic E-state index is 0.0509. The van der Waals surface area contributed by atoms with Crippen LogP contribution >= 0.6 is 69.6 Å². The van der Waals surface area contributed by atoms with Crippen molar-refractivity contribution < 1.29 is 0 Å². The van der Waals surface area contributed by atoms with Crippen molar-refractivity contribution in [3.8, 4) is 0 Å². The molecule has 0 radical (unpaired) electrons. The molecule has 0 heterocycles. The third kappa shape index (κ3) is 5.53. The van der Waals surface area contributed by atoms with Crippen LogP contribution in [0, 0.1) is 13.8 Å². The number of aryl methyl sites for hydroxylation is 2. The fraction of sp³-hybridized carbons (Fsp3) is 0.500. The third-order valence-corrected chi connectivity index (χ3v) is 3.71. The fourth-order valence-corrected chi connectivity index (χ4v) is 3.92. The summed E-state index contributed by atoms with van der Waals surface area (Å²) in [6, 6.07) is 3.73. The van der Waals surface area contributed by atoms with E-state index < -0.39 is 8.13 Å². The van der Waals surface area contributed by atoms with Gasteiger partial charge < -0.3 is 0 Å². The van der Waals surface area contributed by atoms with Crippen molar-refractivity contribution in [1.29, 1.82) is 0 Å². The molecule has 0 nitrogen and oxygen atoms in total. The van der Waals surface area contributed by atoms with Gasteiger partial charge in [-0.05, 0) is 42.7 Å². The van der Waals surface area contributed by atoms with E-state index in [-0.39, 0.29) is 6.42 Å². The van der Waals surface area contributed by atoms with Crippen molar-refractivity contribution in [1.82, 2.24) is 0 Å². The molecule has 0 fully saturated rings. The van der Waals surface area contributed by atoms with Crippen LogP contribution in [-0.4, -0.2) is 8.13 Å². The largest absolute Gasteiger partial charge is 0.193 e. The first-order valence-electron chi connectivity index (χ1n) is 5.20. The second-order valence-electron chi connectivity index (χ2n) is 4.34. The Morgan fingerprint density at radius 2 is 1.39 bits per heavy atom. The molecule has 102 valence electrons. The van der Waals surface area contributed by atoms with Crippen LogP contribution in [-0.2, 0) is 6.42 Å². The number of hydrogen-bond acceptors (Lipinski definition) is 0. The minimum atomic E-state index is -1.47. The molecule has 0 aliphatic rings. The molecular weight excluding hydrogens is 357 g/mol. The Morgan fingerprint density at radius 3 is 1.78 bits per heavy atom. The zero-order valence-electron chi connectivity index (χ0n) is 9.84. The van der Waals surface area contributed by atoms with Crippen molar-refractivity contribution in [2.24, 2.45) is 0 Å². The Bertz CT molecular complexity index is 410. The van der Waals surface area contributed by atoms with Gasteiger partial charge in [0.1, 0.15) is 4.33 Å². The summed E-state index contributed by atoms with van der Waals surface area (Å²) in [6.07, 6.45) is 0.453. The summed E-state index contributed by atoms with van der Waals surface area (Å²) < 4.78 is -2.60. The molecule has 0 bridgehead atoms. The summed E-state index contributed by atoms with van der Waals surface area (Å²) in [5.41, 5.74) is 3.07. The van der Waals surface area contributed by atoms with E-state index in [9.17, 15) is 0 Å². The van der Waals surface area contributed by atoms with E-state index in [0.717, 1.165) is 16.7 Å².